The van der Waals surface area contributed by atoms with Crippen LogP contribution in [0.5, 0.6) is 0 Å². The number of nitrogens with zero attached hydrogens (tertiary/aromatic N) is 4. The molecule has 502 valence electrons. The fourth-order valence-electron chi connectivity index (χ4n) is 18.5. The van der Waals surface area contributed by atoms with Crippen molar-refractivity contribution in [2.24, 2.45) is 0 Å². The van der Waals surface area contributed by atoms with Gasteiger partial charge in [-0.15, -0.1) is 0 Å². The predicted molar refractivity (Wildman–Crippen MR) is 440 cm³/mol. The lowest BCUT2D eigenvalue weighted by Crippen LogP contribution is -2.61. The number of hydrogen-bond donors (Lipinski definition) is 0. The smallest absolute Gasteiger partial charge is 0.252 e. The summed E-state index contributed by atoms with van der Waals surface area (Å²) >= 11 is 0. The zero-order valence-corrected chi connectivity index (χ0v) is 61.3. The molecule has 0 radical (unpaired) electrons. The number of hydrogen-bond acceptors (Lipinski definition) is 2. The summed E-state index contributed by atoms with van der Waals surface area (Å²) in [6.07, 6.45) is 4.71. The van der Waals surface area contributed by atoms with E-state index in [1.165, 1.54) is 153 Å². The van der Waals surface area contributed by atoms with E-state index >= 15 is 0 Å². The first-order chi connectivity index (χ1) is 49.7. The molecule has 5 heteroatoms. The van der Waals surface area contributed by atoms with Crippen molar-refractivity contribution in [1.82, 2.24) is 9.13 Å². The summed E-state index contributed by atoms with van der Waals surface area (Å²) in [5.74, 6) is 0. The van der Waals surface area contributed by atoms with Gasteiger partial charge in [0.15, 0.2) is 0 Å². The minimum atomic E-state index is -0.168. The summed E-state index contributed by atoms with van der Waals surface area (Å²) in [6, 6.07) is 108. The molecule has 4 heterocycles. The molecule has 15 aromatic rings. The Labute approximate surface area is 607 Å². The molecular formula is C98H87BN4. The zero-order chi connectivity index (χ0) is 70.2. The topological polar surface area (TPSA) is 16.3 Å². The van der Waals surface area contributed by atoms with Gasteiger partial charge < -0.3 is 18.9 Å². The Morgan fingerprint density at radius 2 is 0.660 bits per heavy atom. The third kappa shape index (κ3) is 9.99. The van der Waals surface area contributed by atoms with Gasteiger partial charge in [0.05, 0.1) is 27.8 Å². The molecule has 4 nitrogen and oxygen atoms in total. The fraction of sp³-hybridized carbons (Fsp3) is 0.204. The fourth-order valence-corrected chi connectivity index (χ4v) is 18.5. The Hall–Kier alpha value is -10.9. The van der Waals surface area contributed by atoms with Crippen LogP contribution in [0.4, 0.5) is 34.1 Å². The molecule has 19 rings (SSSR count). The molecule has 103 heavy (non-hydrogen) atoms. The maximum absolute atomic E-state index is 2.64. The van der Waals surface area contributed by atoms with Crippen molar-refractivity contribution in [1.29, 1.82) is 0 Å². The van der Waals surface area contributed by atoms with Crippen LogP contribution in [-0.4, -0.2) is 15.8 Å². The number of aromatic nitrogens is 2. The average molecular weight is 1330 g/mol. The summed E-state index contributed by atoms with van der Waals surface area (Å²) in [5, 5.41) is 4.96. The zero-order valence-electron chi connectivity index (χ0n) is 61.3. The van der Waals surface area contributed by atoms with Crippen LogP contribution < -0.4 is 26.2 Å². The first-order valence-electron chi connectivity index (χ1n) is 37.4. The van der Waals surface area contributed by atoms with Crippen LogP contribution in [0.25, 0.3) is 99.5 Å². The molecular weight excluding hydrogens is 1240 g/mol. The van der Waals surface area contributed by atoms with Gasteiger partial charge in [-0.25, -0.2) is 0 Å². The van der Waals surface area contributed by atoms with Crippen LogP contribution in [0.15, 0.2) is 279 Å². The Morgan fingerprint density at radius 3 is 1.19 bits per heavy atom. The highest BCUT2D eigenvalue weighted by Crippen LogP contribution is 2.52. The highest BCUT2D eigenvalue weighted by Gasteiger charge is 2.45. The molecule has 2 aliphatic heterocycles. The van der Waals surface area contributed by atoms with Gasteiger partial charge in [0, 0.05) is 61.4 Å². The Kier molecular flexibility index (Phi) is 14.0. The van der Waals surface area contributed by atoms with Crippen LogP contribution in [-0.2, 0) is 27.1 Å². The third-order valence-corrected chi connectivity index (χ3v) is 24.6. The number of anilines is 6. The molecule has 2 aliphatic carbocycles. The first kappa shape index (κ1) is 63.1. The normalized spacial score (nSPS) is 16.0. The number of fused-ring (bicyclic) bond motifs is 12. The molecule has 0 N–H and O–H groups in total. The van der Waals surface area contributed by atoms with Crippen LogP contribution >= 0.6 is 0 Å². The molecule has 0 fully saturated rings. The van der Waals surface area contributed by atoms with Gasteiger partial charge >= 0.3 is 0 Å². The maximum Gasteiger partial charge on any atom is 0.252 e. The van der Waals surface area contributed by atoms with Gasteiger partial charge in [-0.05, 0) is 232 Å². The lowest BCUT2D eigenvalue weighted by Gasteiger charge is -2.44. The van der Waals surface area contributed by atoms with E-state index < -0.39 is 0 Å². The summed E-state index contributed by atoms with van der Waals surface area (Å²) < 4.78 is 5.08. The van der Waals surface area contributed by atoms with Crippen molar-refractivity contribution in [3.05, 3.63) is 307 Å². The Morgan fingerprint density at radius 1 is 0.272 bits per heavy atom. The summed E-state index contributed by atoms with van der Waals surface area (Å²) in [5.41, 5.74) is 34.9. The first-order valence-corrected chi connectivity index (χ1v) is 37.4. The monoisotopic (exact) mass is 1330 g/mol. The summed E-state index contributed by atoms with van der Waals surface area (Å²) in [6.45, 7) is 26.3. The van der Waals surface area contributed by atoms with Gasteiger partial charge in [0.1, 0.15) is 0 Å². The SMILES string of the molecule is CC(C)(C)c1ccc2c(c1)c1ccccc1n2-c1ccc2c(c1)N(c1ccc(-c3ccc4c(c3)C(C)(C)CCC4(C)C)cc1)c1cc(-n3c4ccccc4c4cc(-c5ccccc5)ccc43)cc3c1B2c1cc(-c2ccccc2)ccc1N3c1ccc(-c2ccc3c(c2)C(C)(C)CCC3(C)C)cc1. The summed E-state index contributed by atoms with van der Waals surface area (Å²) in [7, 11) is 0. The van der Waals surface area contributed by atoms with E-state index in [4.69, 9.17) is 0 Å². The van der Waals surface area contributed by atoms with E-state index in [0.717, 1.165) is 50.8 Å². The predicted octanol–water partition coefficient (Wildman–Crippen LogP) is 24.6. The molecule has 0 amide bonds. The van der Waals surface area contributed by atoms with Crippen molar-refractivity contribution in [3.8, 4) is 55.9 Å². The van der Waals surface area contributed by atoms with Crippen molar-refractivity contribution in [3.63, 3.8) is 0 Å². The molecule has 4 aliphatic rings. The quantitative estimate of drug-likeness (QED) is 0.141. The number of para-hydroxylation sites is 2. The second-order valence-electron chi connectivity index (χ2n) is 33.8. The minimum Gasteiger partial charge on any atom is -0.311 e. The van der Waals surface area contributed by atoms with E-state index in [2.05, 4.69) is 374 Å². The van der Waals surface area contributed by atoms with Gasteiger partial charge in [0.2, 0.25) is 0 Å². The lowest BCUT2D eigenvalue weighted by atomic mass is 9.33. The van der Waals surface area contributed by atoms with Gasteiger partial charge in [-0.2, -0.15) is 0 Å². The van der Waals surface area contributed by atoms with E-state index in [0.29, 0.717) is 0 Å². The van der Waals surface area contributed by atoms with Crippen LogP contribution in [0.1, 0.15) is 130 Å². The van der Waals surface area contributed by atoms with Gasteiger partial charge in [-0.1, -0.05) is 264 Å². The second-order valence-corrected chi connectivity index (χ2v) is 33.8. The van der Waals surface area contributed by atoms with Crippen LogP contribution in [0, 0.1) is 0 Å². The second kappa shape index (κ2) is 22.8. The molecule has 0 unspecified atom stereocenters. The largest absolute Gasteiger partial charge is 0.311 e. The highest BCUT2D eigenvalue weighted by molar-refractivity contribution is 7.00. The van der Waals surface area contributed by atoms with Crippen molar-refractivity contribution < 1.29 is 0 Å². The van der Waals surface area contributed by atoms with E-state index in [-0.39, 0.29) is 33.8 Å². The van der Waals surface area contributed by atoms with Gasteiger partial charge in [-0.3, -0.25) is 0 Å². The van der Waals surface area contributed by atoms with Crippen LogP contribution in [0.2, 0.25) is 0 Å². The molecule has 0 bridgehead atoms. The van der Waals surface area contributed by atoms with Crippen molar-refractivity contribution >= 4 is 101 Å². The third-order valence-electron chi connectivity index (χ3n) is 24.6. The Balaban J connectivity index is 0.890. The van der Waals surface area contributed by atoms with Crippen molar-refractivity contribution in [2.45, 2.75) is 129 Å². The molecule has 0 atom stereocenters. The maximum atomic E-state index is 2.64. The van der Waals surface area contributed by atoms with Gasteiger partial charge in [0.25, 0.3) is 6.71 Å². The lowest BCUT2D eigenvalue weighted by molar-refractivity contribution is 0.332. The average Bonchev–Trinajstić information content (AvgIpc) is 1.31. The van der Waals surface area contributed by atoms with Crippen molar-refractivity contribution in [2.75, 3.05) is 9.80 Å². The minimum absolute atomic E-state index is 0.0188. The standard InChI is InChI=1S/C98H87BN4/c1-94(2,3)70-38-49-88-78(58-70)76-27-19-20-28-85(76)102(88)73-43-46-83-90(59-73)101(72-41-32-65(33-42-72)68-35-45-80-82(56-68)98(10,11)53-51-96(80,6)7)92-61-74(103-86-29-21-18-26-75(86)77-54-66(36-47-87(77)103)62-22-14-12-15-23-62)60-91-93(92)99(83)84-57-69(63-24-16-13-17-25-63)37-48-89(84)100(91)71-39-30-64(31-40-71)67-34-44-79-81(55-67)97(8,9)52-50-95(79,4)5/h12-49,54-61H,50-53H2,1-11H3. The molecule has 0 saturated heterocycles. The number of rotatable bonds is 8. The molecule has 13 aromatic carbocycles. The van der Waals surface area contributed by atoms with E-state index in [9.17, 15) is 0 Å². The molecule has 2 aromatic heterocycles. The Bertz CT molecular complexity index is 5970. The summed E-state index contributed by atoms with van der Waals surface area (Å²) in [4.78, 5) is 5.25. The van der Waals surface area contributed by atoms with Crippen LogP contribution in [0.3, 0.4) is 0 Å². The van der Waals surface area contributed by atoms with E-state index in [1.54, 1.807) is 0 Å². The highest BCUT2D eigenvalue weighted by atomic mass is 15.2. The van der Waals surface area contributed by atoms with E-state index in [1.807, 2.05) is 0 Å². The molecule has 0 saturated carbocycles. The molecule has 0 spiro atoms. The number of benzene rings is 13.